The van der Waals surface area contributed by atoms with Crippen molar-refractivity contribution < 1.29 is 0 Å². The Morgan fingerprint density at radius 3 is 3.00 bits per heavy atom. The van der Waals surface area contributed by atoms with Gasteiger partial charge in [-0.15, -0.1) is 0 Å². The van der Waals surface area contributed by atoms with E-state index in [-0.39, 0.29) is 0 Å². The van der Waals surface area contributed by atoms with Crippen LogP contribution in [-0.2, 0) is 13.0 Å². The maximum absolute atomic E-state index is 4.82. The van der Waals surface area contributed by atoms with E-state index < -0.39 is 0 Å². The summed E-state index contributed by atoms with van der Waals surface area (Å²) in [5, 5.41) is 8.29. The Morgan fingerprint density at radius 1 is 1.47 bits per heavy atom. The fourth-order valence-corrected chi connectivity index (χ4v) is 2.57. The van der Waals surface area contributed by atoms with E-state index in [0.717, 1.165) is 19.5 Å². The van der Waals surface area contributed by atoms with E-state index in [1.165, 1.54) is 43.6 Å². The summed E-state index contributed by atoms with van der Waals surface area (Å²) in [5.41, 5.74) is 2.71. The van der Waals surface area contributed by atoms with Gasteiger partial charge in [0, 0.05) is 24.7 Å². The van der Waals surface area contributed by atoms with Gasteiger partial charge >= 0.3 is 0 Å². The fourth-order valence-electron chi connectivity index (χ4n) is 2.57. The number of nitrogens with one attached hydrogen (secondary N) is 1. The molecular formula is C14H25N3. The zero-order chi connectivity index (χ0) is 12.1. The topological polar surface area (TPSA) is 29.9 Å². The zero-order valence-corrected chi connectivity index (χ0v) is 11.2. The molecule has 3 nitrogen and oxygen atoms in total. The first-order valence-corrected chi connectivity index (χ1v) is 7.12. The number of aromatic nitrogens is 2. The summed E-state index contributed by atoms with van der Waals surface area (Å²) in [7, 11) is 0. The van der Waals surface area contributed by atoms with Crippen LogP contribution >= 0.6 is 0 Å². The Labute approximate surface area is 105 Å². The molecule has 1 aromatic heterocycles. The predicted molar refractivity (Wildman–Crippen MR) is 71.4 cm³/mol. The average molecular weight is 235 g/mol. The maximum atomic E-state index is 4.82. The van der Waals surface area contributed by atoms with E-state index in [2.05, 4.69) is 29.9 Å². The zero-order valence-electron chi connectivity index (χ0n) is 11.2. The Hall–Kier alpha value is -0.830. The lowest BCUT2D eigenvalue weighted by atomic mass is 9.96. The SMILES string of the molecule is CCCCn1nc(C2CCCNC2)cc1CC. The third kappa shape index (κ3) is 3.09. The van der Waals surface area contributed by atoms with Crippen LogP contribution in [0, 0.1) is 0 Å². The van der Waals surface area contributed by atoms with Crippen LogP contribution in [0.4, 0.5) is 0 Å². The highest BCUT2D eigenvalue weighted by Gasteiger charge is 2.19. The summed E-state index contributed by atoms with van der Waals surface area (Å²) in [6, 6.07) is 2.33. The Balaban J connectivity index is 2.08. The minimum absolute atomic E-state index is 0.636. The lowest BCUT2D eigenvalue weighted by molar-refractivity contribution is 0.446. The van der Waals surface area contributed by atoms with Gasteiger partial charge in [0.25, 0.3) is 0 Å². The molecule has 0 bridgehead atoms. The molecule has 1 saturated heterocycles. The number of rotatable bonds is 5. The molecule has 0 saturated carbocycles. The summed E-state index contributed by atoms with van der Waals surface area (Å²) in [6.07, 6.45) is 6.14. The molecule has 1 aromatic rings. The van der Waals surface area contributed by atoms with E-state index >= 15 is 0 Å². The maximum Gasteiger partial charge on any atom is 0.0671 e. The first-order chi connectivity index (χ1) is 8.35. The third-order valence-corrected chi connectivity index (χ3v) is 3.68. The fraction of sp³-hybridized carbons (Fsp3) is 0.786. The highest BCUT2D eigenvalue weighted by molar-refractivity contribution is 5.15. The van der Waals surface area contributed by atoms with Gasteiger partial charge in [-0.3, -0.25) is 4.68 Å². The van der Waals surface area contributed by atoms with Gasteiger partial charge in [0.05, 0.1) is 5.69 Å². The van der Waals surface area contributed by atoms with Crippen molar-refractivity contribution in [2.45, 2.75) is 58.4 Å². The lowest BCUT2D eigenvalue weighted by Gasteiger charge is -2.20. The summed E-state index contributed by atoms with van der Waals surface area (Å²) in [5.74, 6) is 0.636. The predicted octanol–water partition coefficient (Wildman–Crippen LogP) is 2.71. The van der Waals surface area contributed by atoms with Gasteiger partial charge < -0.3 is 5.32 Å². The molecule has 1 N–H and O–H groups in total. The van der Waals surface area contributed by atoms with E-state index in [4.69, 9.17) is 5.10 Å². The Morgan fingerprint density at radius 2 is 2.35 bits per heavy atom. The van der Waals surface area contributed by atoms with Gasteiger partial charge in [-0.05, 0) is 38.3 Å². The van der Waals surface area contributed by atoms with Crippen molar-refractivity contribution in [2.75, 3.05) is 13.1 Å². The standard InChI is InChI=1S/C14H25N3/c1-3-5-9-17-13(4-2)10-14(16-17)12-7-6-8-15-11-12/h10,12,15H,3-9,11H2,1-2H3. The van der Waals surface area contributed by atoms with Crippen molar-refractivity contribution in [3.05, 3.63) is 17.5 Å². The molecule has 3 heteroatoms. The molecular weight excluding hydrogens is 210 g/mol. The molecule has 1 aliphatic heterocycles. The second kappa shape index (κ2) is 6.20. The summed E-state index contributed by atoms with van der Waals surface area (Å²) in [6.45, 7) is 7.82. The molecule has 1 atom stereocenters. The lowest BCUT2D eigenvalue weighted by Crippen LogP contribution is -2.28. The summed E-state index contributed by atoms with van der Waals surface area (Å²) >= 11 is 0. The van der Waals surface area contributed by atoms with Crippen LogP contribution in [0.25, 0.3) is 0 Å². The van der Waals surface area contributed by atoms with Crippen LogP contribution in [0.15, 0.2) is 6.07 Å². The second-order valence-electron chi connectivity index (χ2n) is 5.03. The van der Waals surface area contributed by atoms with Gasteiger partial charge in [-0.2, -0.15) is 5.10 Å². The number of unbranched alkanes of at least 4 members (excludes halogenated alkanes) is 1. The average Bonchev–Trinajstić information content (AvgIpc) is 2.80. The van der Waals surface area contributed by atoms with Crippen molar-refractivity contribution >= 4 is 0 Å². The van der Waals surface area contributed by atoms with Gasteiger partial charge in [0.1, 0.15) is 0 Å². The highest BCUT2D eigenvalue weighted by Crippen LogP contribution is 2.23. The number of hydrogen-bond donors (Lipinski definition) is 1. The molecule has 0 aliphatic carbocycles. The minimum Gasteiger partial charge on any atom is -0.316 e. The number of piperidine rings is 1. The molecule has 2 rings (SSSR count). The third-order valence-electron chi connectivity index (χ3n) is 3.68. The van der Waals surface area contributed by atoms with E-state index in [9.17, 15) is 0 Å². The van der Waals surface area contributed by atoms with E-state index in [1.54, 1.807) is 0 Å². The van der Waals surface area contributed by atoms with E-state index in [0.29, 0.717) is 5.92 Å². The molecule has 96 valence electrons. The molecule has 2 heterocycles. The molecule has 1 fully saturated rings. The summed E-state index contributed by atoms with van der Waals surface area (Å²) < 4.78 is 2.23. The highest BCUT2D eigenvalue weighted by atomic mass is 15.3. The first-order valence-electron chi connectivity index (χ1n) is 7.12. The van der Waals surface area contributed by atoms with Crippen LogP contribution < -0.4 is 5.32 Å². The van der Waals surface area contributed by atoms with Crippen molar-refractivity contribution in [1.29, 1.82) is 0 Å². The first kappa shape index (κ1) is 12.6. The molecule has 1 aliphatic rings. The number of aryl methyl sites for hydroxylation is 2. The molecule has 0 spiro atoms. The monoisotopic (exact) mass is 235 g/mol. The van der Waals surface area contributed by atoms with Crippen LogP contribution in [0.1, 0.15) is 56.8 Å². The molecule has 1 unspecified atom stereocenters. The smallest absolute Gasteiger partial charge is 0.0671 e. The normalized spacial score (nSPS) is 20.7. The van der Waals surface area contributed by atoms with Crippen molar-refractivity contribution in [2.24, 2.45) is 0 Å². The van der Waals surface area contributed by atoms with Gasteiger partial charge in [-0.25, -0.2) is 0 Å². The molecule has 0 radical (unpaired) electrons. The molecule has 0 amide bonds. The second-order valence-corrected chi connectivity index (χ2v) is 5.03. The van der Waals surface area contributed by atoms with Gasteiger partial charge in [0.15, 0.2) is 0 Å². The Bertz CT molecular complexity index is 337. The van der Waals surface area contributed by atoms with E-state index in [1.807, 2.05) is 0 Å². The van der Waals surface area contributed by atoms with Gasteiger partial charge in [-0.1, -0.05) is 20.3 Å². The molecule has 0 aromatic carbocycles. The summed E-state index contributed by atoms with van der Waals surface area (Å²) in [4.78, 5) is 0. The van der Waals surface area contributed by atoms with Crippen LogP contribution in [-0.4, -0.2) is 22.9 Å². The van der Waals surface area contributed by atoms with Crippen LogP contribution in [0.3, 0.4) is 0 Å². The van der Waals surface area contributed by atoms with Gasteiger partial charge in [0.2, 0.25) is 0 Å². The van der Waals surface area contributed by atoms with Crippen molar-refractivity contribution in [1.82, 2.24) is 15.1 Å². The number of nitrogens with zero attached hydrogens (tertiary/aromatic N) is 2. The molecule has 17 heavy (non-hydrogen) atoms. The van der Waals surface area contributed by atoms with Crippen LogP contribution in [0.2, 0.25) is 0 Å². The largest absolute Gasteiger partial charge is 0.316 e. The minimum atomic E-state index is 0.636. The van der Waals surface area contributed by atoms with Crippen molar-refractivity contribution in [3.8, 4) is 0 Å². The van der Waals surface area contributed by atoms with Crippen LogP contribution in [0.5, 0.6) is 0 Å². The Kier molecular flexibility index (Phi) is 4.60. The quantitative estimate of drug-likeness (QED) is 0.850. The number of hydrogen-bond acceptors (Lipinski definition) is 2. The van der Waals surface area contributed by atoms with Crippen molar-refractivity contribution in [3.63, 3.8) is 0 Å².